The Balaban J connectivity index is 2.13. The molecule has 104 valence electrons. The fourth-order valence-corrected chi connectivity index (χ4v) is 2.06. The summed E-state index contributed by atoms with van der Waals surface area (Å²) < 4.78 is 0. The largest absolute Gasteiger partial charge is 0.272 e. The number of unbranched alkanes of at least 4 members (excludes halogenated alkanes) is 5. The minimum Gasteiger partial charge on any atom is -0.272 e. The van der Waals surface area contributed by atoms with E-state index in [9.17, 15) is 9.59 Å². The van der Waals surface area contributed by atoms with Crippen LogP contribution in [-0.4, -0.2) is 23.5 Å². The predicted molar refractivity (Wildman–Crippen MR) is 69.6 cm³/mol. The summed E-state index contributed by atoms with van der Waals surface area (Å²) in [6, 6.07) is 0. The Morgan fingerprint density at radius 1 is 1.17 bits per heavy atom. The molecule has 0 radical (unpaired) electrons. The van der Waals surface area contributed by atoms with Crippen LogP contribution in [0.5, 0.6) is 0 Å². The zero-order chi connectivity index (χ0) is 13.4. The molecule has 1 atom stereocenters. The van der Waals surface area contributed by atoms with Crippen molar-refractivity contribution in [3.63, 3.8) is 0 Å². The van der Waals surface area contributed by atoms with Crippen LogP contribution in [0.15, 0.2) is 0 Å². The van der Waals surface area contributed by atoms with Gasteiger partial charge < -0.3 is 0 Å². The van der Waals surface area contributed by atoms with E-state index in [1.807, 2.05) is 6.92 Å². The number of imide groups is 1. The van der Waals surface area contributed by atoms with E-state index in [1.165, 1.54) is 25.7 Å². The molecular weight excluding hydrogens is 230 g/mol. The average molecular weight is 255 g/mol. The van der Waals surface area contributed by atoms with Crippen molar-refractivity contribution in [3.8, 4) is 0 Å². The molecule has 1 saturated heterocycles. The molecule has 1 rings (SSSR count). The number of nitrogens with zero attached hydrogens (tertiary/aromatic N) is 1. The Hall–Kier alpha value is -0.900. The smallest absolute Gasteiger partial charge is 0.256 e. The van der Waals surface area contributed by atoms with Gasteiger partial charge >= 0.3 is 0 Å². The van der Waals surface area contributed by atoms with Gasteiger partial charge in [0.25, 0.3) is 11.8 Å². The van der Waals surface area contributed by atoms with Crippen molar-refractivity contribution < 1.29 is 14.4 Å². The number of carbonyl (C=O) groups excluding carboxylic acids is 2. The van der Waals surface area contributed by atoms with Gasteiger partial charge in [-0.15, -0.1) is 0 Å². The Bertz CT molecular complexity index is 278. The highest BCUT2D eigenvalue weighted by atomic mass is 16.7. The molecule has 0 spiro atoms. The third-order valence-electron chi connectivity index (χ3n) is 3.36. The molecule has 0 aromatic heterocycles. The molecule has 4 heteroatoms. The van der Waals surface area contributed by atoms with Gasteiger partial charge in [0.2, 0.25) is 0 Å². The van der Waals surface area contributed by atoms with Gasteiger partial charge in [0, 0.05) is 12.3 Å². The van der Waals surface area contributed by atoms with E-state index in [4.69, 9.17) is 4.84 Å². The van der Waals surface area contributed by atoms with Crippen LogP contribution in [0.25, 0.3) is 0 Å². The number of hydrogen-bond acceptors (Lipinski definition) is 3. The zero-order valence-corrected chi connectivity index (χ0v) is 11.6. The average Bonchev–Trinajstić information content (AvgIpc) is 2.36. The van der Waals surface area contributed by atoms with Crippen LogP contribution in [0.3, 0.4) is 0 Å². The number of hydroxylamine groups is 2. The van der Waals surface area contributed by atoms with E-state index in [-0.39, 0.29) is 17.7 Å². The zero-order valence-electron chi connectivity index (χ0n) is 11.6. The molecule has 0 saturated carbocycles. The van der Waals surface area contributed by atoms with Crippen LogP contribution in [0.2, 0.25) is 0 Å². The van der Waals surface area contributed by atoms with Crippen LogP contribution in [0.4, 0.5) is 0 Å². The van der Waals surface area contributed by atoms with E-state index >= 15 is 0 Å². The van der Waals surface area contributed by atoms with E-state index in [0.717, 1.165) is 17.9 Å². The normalized spacial score (nSPS) is 20.6. The molecule has 2 amide bonds. The molecule has 1 fully saturated rings. The van der Waals surface area contributed by atoms with Gasteiger partial charge in [0.1, 0.15) is 0 Å². The van der Waals surface area contributed by atoms with Crippen molar-refractivity contribution in [2.75, 3.05) is 6.61 Å². The lowest BCUT2D eigenvalue weighted by atomic mass is 10.0. The van der Waals surface area contributed by atoms with Crippen molar-refractivity contribution in [3.05, 3.63) is 0 Å². The molecule has 0 N–H and O–H groups in total. The Morgan fingerprint density at radius 3 is 2.56 bits per heavy atom. The molecule has 1 aliphatic heterocycles. The van der Waals surface area contributed by atoms with Gasteiger partial charge in [-0.1, -0.05) is 46.0 Å². The lowest BCUT2D eigenvalue weighted by Crippen LogP contribution is -2.44. The summed E-state index contributed by atoms with van der Waals surface area (Å²) in [4.78, 5) is 28.6. The second-order valence-corrected chi connectivity index (χ2v) is 5.07. The lowest BCUT2D eigenvalue weighted by molar-refractivity contribution is -0.203. The number of rotatable bonds is 8. The number of piperidine rings is 1. The molecular formula is C14H25NO3. The Morgan fingerprint density at radius 2 is 1.83 bits per heavy atom. The summed E-state index contributed by atoms with van der Waals surface area (Å²) in [6.07, 6.45) is 8.07. The summed E-state index contributed by atoms with van der Waals surface area (Å²) in [5.41, 5.74) is 0. The molecule has 0 bridgehead atoms. The highest BCUT2D eigenvalue weighted by molar-refractivity contribution is 5.97. The molecule has 1 unspecified atom stereocenters. The molecule has 0 aromatic rings. The first-order valence-corrected chi connectivity index (χ1v) is 7.16. The highest BCUT2D eigenvalue weighted by Gasteiger charge is 2.32. The maximum Gasteiger partial charge on any atom is 0.256 e. The molecule has 0 aromatic carbocycles. The van der Waals surface area contributed by atoms with Crippen molar-refractivity contribution in [2.45, 2.75) is 65.2 Å². The van der Waals surface area contributed by atoms with E-state index in [0.29, 0.717) is 19.4 Å². The summed E-state index contributed by atoms with van der Waals surface area (Å²) >= 11 is 0. The van der Waals surface area contributed by atoms with Gasteiger partial charge in [0.15, 0.2) is 0 Å². The first-order valence-electron chi connectivity index (χ1n) is 7.16. The predicted octanol–water partition coefficient (Wildman–Crippen LogP) is 3.06. The fourth-order valence-electron chi connectivity index (χ4n) is 2.06. The van der Waals surface area contributed by atoms with E-state index in [1.54, 1.807) is 0 Å². The molecule has 18 heavy (non-hydrogen) atoms. The second kappa shape index (κ2) is 8.25. The molecule has 1 heterocycles. The molecule has 0 aliphatic carbocycles. The molecule has 4 nitrogen and oxygen atoms in total. The first kappa shape index (κ1) is 15.2. The van der Waals surface area contributed by atoms with Crippen LogP contribution >= 0.6 is 0 Å². The SMILES string of the molecule is CCCCCCCCON1C(=O)CCC(C)C1=O. The van der Waals surface area contributed by atoms with Crippen molar-refractivity contribution in [1.82, 2.24) is 5.06 Å². The van der Waals surface area contributed by atoms with Crippen molar-refractivity contribution >= 4 is 11.8 Å². The summed E-state index contributed by atoms with van der Waals surface area (Å²) in [5, 5.41) is 0.986. The number of hydrogen-bond donors (Lipinski definition) is 0. The van der Waals surface area contributed by atoms with Crippen molar-refractivity contribution in [1.29, 1.82) is 0 Å². The standard InChI is InChI=1S/C14H25NO3/c1-3-4-5-6-7-8-11-18-15-13(16)10-9-12(2)14(15)17/h12H,3-11H2,1-2H3. The Kier molecular flexibility index (Phi) is 6.94. The van der Waals surface area contributed by atoms with Gasteiger partial charge in [0.05, 0.1) is 6.61 Å². The van der Waals surface area contributed by atoms with E-state index < -0.39 is 0 Å². The highest BCUT2D eigenvalue weighted by Crippen LogP contribution is 2.19. The molecule has 1 aliphatic rings. The van der Waals surface area contributed by atoms with E-state index in [2.05, 4.69) is 6.92 Å². The topological polar surface area (TPSA) is 46.6 Å². The van der Waals surface area contributed by atoms with Crippen LogP contribution in [-0.2, 0) is 14.4 Å². The summed E-state index contributed by atoms with van der Waals surface area (Å²) in [6.45, 7) is 4.50. The maximum atomic E-state index is 11.7. The maximum absolute atomic E-state index is 11.7. The van der Waals surface area contributed by atoms with Crippen molar-refractivity contribution in [2.24, 2.45) is 5.92 Å². The van der Waals surface area contributed by atoms with Crippen LogP contribution < -0.4 is 0 Å². The third kappa shape index (κ3) is 4.77. The van der Waals surface area contributed by atoms with Crippen LogP contribution in [0, 0.1) is 5.92 Å². The number of carbonyl (C=O) groups is 2. The van der Waals surface area contributed by atoms with Gasteiger partial charge in [-0.3, -0.25) is 14.4 Å². The second-order valence-electron chi connectivity index (χ2n) is 5.07. The Labute approximate surface area is 110 Å². The van der Waals surface area contributed by atoms with Gasteiger partial charge in [-0.25, -0.2) is 0 Å². The third-order valence-corrected chi connectivity index (χ3v) is 3.36. The fraction of sp³-hybridized carbons (Fsp3) is 0.857. The quantitative estimate of drug-likeness (QED) is 0.494. The monoisotopic (exact) mass is 255 g/mol. The minimum atomic E-state index is -0.191. The lowest BCUT2D eigenvalue weighted by Gasteiger charge is -2.27. The number of amides is 2. The summed E-state index contributed by atoms with van der Waals surface area (Å²) in [5.74, 6) is -0.464. The summed E-state index contributed by atoms with van der Waals surface area (Å²) in [7, 11) is 0. The van der Waals surface area contributed by atoms with Gasteiger partial charge in [-0.2, -0.15) is 5.06 Å². The minimum absolute atomic E-state index is 0.0905. The first-order chi connectivity index (χ1) is 8.66. The van der Waals surface area contributed by atoms with Gasteiger partial charge in [-0.05, 0) is 12.8 Å². The van der Waals surface area contributed by atoms with Crippen LogP contribution in [0.1, 0.15) is 65.2 Å².